The van der Waals surface area contributed by atoms with E-state index in [0.29, 0.717) is 12.3 Å². The molecular weight excluding hydrogens is 278 g/mol. The van der Waals surface area contributed by atoms with Crippen LogP contribution in [0.4, 0.5) is 5.69 Å². The van der Waals surface area contributed by atoms with Crippen LogP contribution in [-0.2, 0) is 6.42 Å². The van der Waals surface area contributed by atoms with E-state index in [1.54, 1.807) is 0 Å². The van der Waals surface area contributed by atoms with Crippen LogP contribution in [0.15, 0.2) is 59.0 Å². The lowest BCUT2D eigenvalue weighted by atomic mass is 10.2. The third kappa shape index (κ3) is 3.20. The highest BCUT2D eigenvalue weighted by atomic mass is 16.4. The lowest BCUT2D eigenvalue weighted by molar-refractivity contribution is 0.0988. The van der Waals surface area contributed by atoms with Gasteiger partial charge in [0.1, 0.15) is 0 Å². The van der Waals surface area contributed by atoms with E-state index in [2.05, 4.69) is 15.5 Å². The first kappa shape index (κ1) is 14.0. The van der Waals surface area contributed by atoms with Crippen molar-refractivity contribution in [2.45, 2.75) is 13.3 Å². The van der Waals surface area contributed by atoms with Gasteiger partial charge < -0.3 is 9.73 Å². The molecule has 1 N–H and O–H groups in total. The van der Waals surface area contributed by atoms with Crippen molar-refractivity contribution in [3.05, 3.63) is 77.5 Å². The average molecular weight is 293 g/mol. The molecule has 0 aliphatic carbocycles. The van der Waals surface area contributed by atoms with Crippen LogP contribution in [0.25, 0.3) is 0 Å². The first-order chi connectivity index (χ1) is 10.7. The van der Waals surface area contributed by atoms with Crippen molar-refractivity contribution in [3.63, 3.8) is 0 Å². The van der Waals surface area contributed by atoms with Crippen LogP contribution < -0.4 is 5.32 Å². The van der Waals surface area contributed by atoms with Gasteiger partial charge in [-0.15, -0.1) is 10.2 Å². The van der Waals surface area contributed by atoms with E-state index in [1.165, 1.54) is 0 Å². The summed E-state index contributed by atoms with van der Waals surface area (Å²) in [7, 11) is 0. The summed E-state index contributed by atoms with van der Waals surface area (Å²) in [6.07, 6.45) is 0.505. The molecule has 0 atom stereocenters. The second-order valence-corrected chi connectivity index (χ2v) is 4.93. The predicted molar refractivity (Wildman–Crippen MR) is 82.7 cm³/mol. The second kappa shape index (κ2) is 6.22. The van der Waals surface area contributed by atoms with Crippen molar-refractivity contribution in [1.29, 1.82) is 0 Å². The van der Waals surface area contributed by atoms with E-state index in [9.17, 15) is 4.79 Å². The molecule has 1 aromatic heterocycles. The van der Waals surface area contributed by atoms with Gasteiger partial charge in [0.25, 0.3) is 0 Å². The fourth-order valence-corrected chi connectivity index (χ4v) is 2.08. The number of benzene rings is 2. The van der Waals surface area contributed by atoms with Crippen LogP contribution >= 0.6 is 0 Å². The SMILES string of the molecule is Cc1ccccc1NC(=O)c1nnc(Cc2ccccc2)o1. The van der Waals surface area contributed by atoms with E-state index < -0.39 is 5.91 Å². The minimum Gasteiger partial charge on any atom is -0.417 e. The molecule has 3 rings (SSSR count). The van der Waals surface area contributed by atoms with Gasteiger partial charge in [0, 0.05) is 5.69 Å². The Morgan fingerprint density at radius 3 is 2.55 bits per heavy atom. The topological polar surface area (TPSA) is 68.0 Å². The molecule has 0 radical (unpaired) electrons. The van der Waals surface area contributed by atoms with Crippen LogP contribution in [0.5, 0.6) is 0 Å². The Morgan fingerprint density at radius 1 is 1.05 bits per heavy atom. The van der Waals surface area contributed by atoms with Gasteiger partial charge in [-0.05, 0) is 24.1 Å². The standard InChI is InChI=1S/C17H15N3O2/c1-12-7-5-6-10-14(12)18-16(21)17-20-19-15(22-17)11-13-8-3-2-4-9-13/h2-10H,11H2,1H3,(H,18,21). The van der Waals surface area contributed by atoms with Crippen molar-refractivity contribution in [3.8, 4) is 0 Å². The highest BCUT2D eigenvalue weighted by molar-refractivity contribution is 6.01. The Labute approximate surface area is 128 Å². The number of amides is 1. The zero-order valence-corrected chi connectivity index (χ0v) is 12.1. The molecule has 0 aliphatic rings. The number of rotatable bonds is 4. The number of nitrogens with one attached hydrogen (secondary N) is 1. The summed E-state index contributed by atoms with van der Waals surface area (Å²) in [6, 6.07) is 17.3. The van der Waals surface area contributed by atoms with Gasteiger partial charge >= 0.3 is 11.8 Å². The monoisotopic (exact) mass is 293 g/mol. The minimum atomic E-state index is -0.402. The Kier molecular flexibility index (Phi) is 3.96. The minimum absolute atomic E-state index is 0.0332. The van der Waals surface area contributed by atoms with E-state index in [0.717, 1.165) is 16.8 Å². The summed E-state index contributed by atoms with van der Waals surface area (Å²) >= 11 is 0. The number of hydrogen-bond acceptors (Lipinski definition) is 4. The summed E-state index contributed by atoms with van der Waals surface area (Å²) in [4.78, 5) is 12.1. The molecule has 0 fully saturated rings. The number of carbonyl (C=O) groups is 1. The fraction of sp³-hybridized carbons (Fsp3) is 0.118. The molecule has 5 nitrogen and oxygen atoms in total. The molecule has 0 saturated heterocycles. The largest absolute Gasteiger partial charge is 0.417 e. The molecule has 0 aliphatic heterocycles. The van der Waals surface area contributed by atoms with Crippen LogP contribution in [0, 0.1) is 6.92 Å². The van der Waals surface area contributed by atoms with Crippen molar-refractivity contribution in [2.24, 2.45) is 0 Å². The van der Waals surface area contributed by atoms with Crippen LogP contribution in [0.1, 0.15) is 27.7 Å². The number of nitrogens with zero attached hydrogens (tertiary/aromatic N) is 2. The number of carbonyl (C=O) groups excluding carboxylic acids is 1. The molecule has 110 valence electrons. The lowest BCUT2D eigenvalue weighted by Crippen LogP contribution is -2.13. The highest BCUT2D eigenvalue weighted by Gasteiger charge is 2.15. The van der Waals surface area contributed by atoms with Gasteiger partial charge in [0.05, 0.1) is 6.42 Å². The molecule has 1 amide bonds. The zero-order valence-electron chi connectivity index (χ0n) is 12.1. The number of aryl methyl sites for hydroxylation is 1. The van der Waals surface area contributed by atoms with Crippen molar-refractivity contribution >= 4 is 11.6 Å². The van der Waals surface area contributed by atoms with Gasteiger partial charge in [-0.1, -0.05) is 48.5 Å². The quantitative estimate of drug-likeness (QED) is 0.802. The van der Waals surface area contributed by atoms with Crippen LogP contribution in [0.3, 0.4) is 0 Å². The molecule has 5 heteroatoms. The van der Waals surface area contributed by atoms with E-state index in [1.807, 2.05) is 61.5 Å². The zero-order chi connectivity index (χ0) is 15.4. The average Bonchev–Trinajstić information content (AvgIpc) is 2.99. The summed E-state index contributed by atoms with van der Waals surface area (Å²) in [5.74, 6) is -0.0172. The Morgan fingerprint density at radius 2 is 1.77 bits per heavy atom. The van der Waals surface area contributed by atoms with Crippen LogP contribution in [0.2, 0.25) is 0 Å². The Bertz CT molecular complexity index is 781. The maximum atomic E-state index is 12.1. The molecule has 2 aromatic carbocycles. The fourth-order valence-electron chi connectivity index (χ4n) is 2.08. The number of para-hydroxylation sites is 1. The van der Waals surface area contributed by atoms with Gasteiger partial charge in [-0.25, -0.2) is 0 Å². The second-order valence-electron chi connectivity index (χ2n) is 4.93. The van der Waals surface area contributed by atoms with Crippen LogP contribution in [-0.4, -0.2) is 16.1 Å². The van der Waals surface area contributed by atoms with Gasteiger partial charge in [0.2, 0.25) is 5.89 Å². The summed E-state index contributed by atoms with van der Waals surface area (Å²) in [5, 5.41) is 10.5. The van der Waals surface area contributed by atoms with Crippen molar-refractivity contribution in [2.75, 3.05) is 5.32 Å². The van der Waals surface area contributed by atoms with Gasteiger partial charge in [0.15, 0.2) is 0 Å². The molecular formula is C17H15N3O2. The first-order valence-corrected chi connectivity index (χ1v) is 6.95. The molecule has 22 heavy (non-hydrogen) atoms. The van der Waals surface area contributed by atoms with Crippen molar-refractivity contribution in [1.82, 2.24) is 10.2 Å². The summed E-state index contributed by atoms with van der Waals surface area (Å²) in [6.45, 7) is 1.92. The number of hydrogen-bond donors (Lipinski definition) is 1. The molecule has 0 unspecified atom stereocenters. The van der Waals surface area contributed by atoms with Crippen molar-refractivity contribution < 1.29 is 9.21 Å². The summed E-state index contributed by atoms with van der Waals surface area (Å²) in [5.41, 5.74) is 2.76. The first-order valence-electron chi connectivity index (χ1n) is 6.95. The lowest BCUT2D eigenvalue weighted by Gasteiger charge is -2.05. The third-order valence-corrected chi connectivity index (χ3v) is 3.25. The maximum absolute atomic E-state index is 12.1. The predicted octanol–water partition coefficient (Wildman–Crippen LogP) is 3.22. The number of aromatic nitrogens is 2. The summed E-state index contributed by atoms with van der Waals surface area (Å²) < 4.78 is 5.43. The molecule has 1 heterocycles. The third-order valence-electron chi connectivity index (χ3n) is 3.25. The van der Waals surface area contributed by atoms with E-state index in [-0.39, 0.29) is 5.89 Å². The van der Waals surface area contributed by atoms with Gasteiger partial charge in [-0.3, -0.25) is 4.79 Å². The highest BCUT2D eigenvalue weighted by Crippen LogP contribution is 2.15. The Balaban J connectivity index is 1.71. The normalized spacial score (nSPS) is 10.4. The molecule has 0 bridgehead atoms. The Hall–Kier alpha value is -2.95. The van der Waals surface area contributed by atoms with E-state index in [4.69, 9.17) is 4.42 Å². The molecule has 3 aromatic rings. The van der Waals surface area contributed by atoms with Gasteiger partial charge in [-0.2, -0.15) is 0 Å². The maximum Gasteiger partial charge on any atom is 0.313 e. The smallest absolute Gasteiger partial charge is 0.313 e. The van der Waals surface area contributed by atoms with E-state index >= 15 is 0 Å². The molecule has 0 saturated carbocycles. The molecule has 0 spiro atoms. The number of anilines is 1.